The molecule has 0 aliphatic heterocycles. The highest BCUT2D eigenvalue weighted by atomic mass is 16.4. The quantitative estimate of drug-likeness (QED) is 0.612. The van der Waals surface area contributed by atoms with Gasteiger partial charge in [0.05, 0.1) is 11.5 Å². The minimum atomic E-state index is -1.12. The van der Waals surface area contributed by atoms with Gasteiger partial charge < -0.3 is 10.2 Å². The van der Waals surface area contributed by atoms with Crippen LogP contribution < -0.4 is 0 Å². The molecule has 0 aromatic heterocycles. The highest BCUT2D eigenvalue weighted by molar-refractivity contribution is 5.71. The molecule has 2 N–H and O–H groups in total. The average molecular weight is 170 g/mol. The zero-order valence-corrected chi connectivity index (χ0v) is 7.37. The zero-order chi connectivity index (χ0) is 9.35. The van der Waals surface area contributed by atoms with Crippen LogP contribution in [0.15, 0.2) is 11.6 Å². The van der Waals surface area contributed by atoms with Crippen LogP contribution in [-0.4, -0.2) is 21.8 Å². The Balaban J connectivity index is 2.80. The summed E-state index contributed by atoms with van der Waals surface area (Å²) in [6.45, 7) is 3.45. The first-order chi connectivity index (χ1) is 5.46. The number of carbonyl (C=O) groups is 1. The standard InChI is InChI=1S/C9H14O3/c1-6-3-4-9(12,5-6)7(2)8(10)11/h5,7,12H,3-4H2,1-2H3,(H,10,11). The van der Waals surface area contributed by atoms with Crippen molar-refractivity contribution in [3.8, 4) is 0 Å². The number of hydrogen-bond acceptors (Lipinski definition) is 2. The molecule has 0 saturated heterocycles. The topological polar surface area (TPSA) is 57.5 Å². The van der Waals surface area contributed by atoms with Gasteiger partial charge in [-0.3, -0.25) is 4.79 Å². The van der Waals surface area contributed by atoms with Gasteiger partial charge in [0.2, 0.25) is 0 Å². The van der Waals surface area contributed by atoms with Gasteiger partial charge in [-0.05, 0) is 26.7 Å². The Morgan fingerprint density at radius 3 is 2.67 bits per heavy atom. The highest BCUT2D eigenvalue weighted by Gasteiger charge is 2.38. The fraction of sp³-hybridized carbons (Fsp3) is 0.667. The molecule has 1 aliphatic rings. The van der Waals surface area contributed by atoms with Gasteiger partial charge in [-0.25, -0.2) is 0 Å². The molecule has 0 aromatic carbocycles. The van der Waals surface area contributed by atoms with E-state index in [0.717, 1.165) is 12.0 Å². The van der Waals surface area contributed by atoms with E-state index in [4.69, 9.17) is 5.11 Å². The third kappa shape index (κ3) is 1.50. The number of hydrogen-bond donors (Lipinski definition) is 2. The minimum Gasteiger partial charge on any atom is -0.481 e. The van der Waals surface area contributed by atoms with Crippen molar-refractivity contribution in [2.24, 2.45) is 5.92 Å². The third-order valence-corrected chi connectivity index (χ3v) is 2.54. The number of carboxylic acid groups (broad SMARTS) is 1. The lowest BCUT2D eigenvalue weighted by Gasteiger charge is -2.24. The first-order valence-electron chi connectivity index (χ1n) is 4.09. The molecule has 1 rings (SSSR count). The van der Waals surface area contributed by atoms with Crippen LogP contribution in [0.5, 0.6) is 0 Å². The van der Waals surface area contributed by atoms with Crippen LogP contribution in [0.1, 0.15) is 26.7 Å². The van der Waals surface area contributed by atoms with E-state index < -0.39 is 17.5 Å². The zero-order valence-electron chi connectivity index (χ0n) is 7.37. The second-order valence-corrected chi connectivity index (χ2v) is 3.54. The smallest absolute Gasteiger partial charge is 0.309 e. The van der Waals surface area contributed by atoms with Crippen molar-refractivity contribution in [2.75, 3.05) is 0 Å². The van der Waals surface area contributed by atoms with Crippen molar-refractivity contribution >= 4 is 5.97 Å². The van der Waals surface area contributed by atoms with E-state index in [-0.39, 0.29) is 0 Å². The van der Waals surface area contributed by atoms with Crippen LogP contribution >= 0.6 is 0 Å². The molecule has 0 aromatic rings. The number of rotatable bonds is 2. The van der Waals surface area contributed by atoms with Crippen molar-refractivity contribution in [1.29, 1.82) is 0 Å². The molecular weight excluding hydrogens is 156 g/mol. The first kappa shape index (κ1) is 9.26. The summed E-state index contributed by atoms with van der Waals surface area (Å²) in [5.41, 5.74) is -0.0405. The predicted octanol–water partition coefficient (Wildman–Crippen LogP) is 1.18. The molecular formula is C9H14O3. The second kappa shape index (κ2) is 2.90. The monoisotopic (exact) mass is 170 g/mol. The van der Waals surface area contributed by atoms with Crippen LogP contribution in [0, 0.1) is 5.92 Å². The molecule has 0 heterocycles. The van der Waals surface area contributed by atoms with Crippen LogP contribution in [0.3, 0.4) is 0 Å². The Morgan fingerprint density at radius 2 is 2.33 bits per heavy atom. The Kier molecular flexibility index (Phi) is 2.24. The largest absolute Gasteiger partial charge is 0.481 e. The molecule has 0 spiro atoms. The fourth-order valence-electron chi connectivity index (χ4n) is 1.52. The average Bonchev–Trinajstić information content (AvgIpc) is 2.31. The minimum absolute atomic E-state index is 0.534. The lowest BCUT2D eigenvalue weighted by atomic mass is 9.88. The SMILES string of the molecule is CC1=CC(O)(C(C)C(=O)O)CC1. The van der Waals surface area contributed by atoms with E-state index in [0.29, 0.717) is 6.42 Å². The molecule has 3 nitrogen and oxygen atoms in total. The summed E-state index contributed by atoms with van der Waals surface area (Å²) in [5.74, 6) is -1.65. The highest BCUT2D eigenvalue weighted by Crippen LogP contribution is 2.33. The molecule has 0 saturated carbocycles. The maximum atomic E-state index is 10.6. The van der Waals surface area contributed by atoms with Crippen LogP contribution in [-0.2, 0) is 4.79 Å². The maximum absolute atomic E-state index is 10.6. The summed E-state index contributed by atoms with van der Waals surface area (Å²) in [6, 6.07) is 0. The summed E-state index contributed by atoms with van der Waals surface area (Å²) >= 11 is 0. The molecule has 0 fully saturated rings. The van der Waals surface area contributed by atoms with Gasteiger partial charge in [0.1, 0.15) is 0 Å². The molecule has 2 atom stereocenters. The molecule has 0 amide bonds. The van der Waals surface area contributed by atoms with Crippen molar-refractivity contribution in [3.05, 3.63) is 11.6 Å². The number of carboxylic acids is 1. The van der Waals surface area contributed by atoms with E-state index in [1.807, 2.05) is 6.92 Å². The van der Waals surface area contributed by atoms with Gasteiger partial charge in [0, 0.05) is 0 Å². The molecule has 0 bridgehead atoms. The fourth-order valence-corrected chi connectivity index (χ4v) is 1.52. The van der Waals surface area contributed by atoms with E-state index in [2.05, 4.69) is 0 Å². The van der Waals surface area contributed by atoms with Gasteiger partial charge in [0.25, 0.3) is 0 Å². The van der Waals surface area contributed by atoms with Crippen LogP contribution in [0.2, 0.25) is 0 Å². The van der Waals surface area contributed by atoms with E-state index in [1.54, 1.807) is 6.08 Å². The number of aliphatic hydroxyl groups is 1. The van der Waals surface area contributed by atoms with Gasteiger partial charge >= 0.3 is 5.97 Å². The van der Waals surface area contributed by atoms with Crippen molar-refractivity contribution in [1.82, 2.24) is 0 Å². The summed E-state index contributed by atoms with van der Waals surface area (Å²) in [6.07, 6.45) is 3.01. The molecule has 0 radical (unpaired) electrons. The third-order valence-electron chi connectivity index (χ3n) is 2.54. The molecule has 2 unspecified atom stereocenters. The molecule has 12 heavy (non-hydrogen) atoms. The van der Waals surface area contributed by atoms with Crippen molar-refractivity contribution in [2.45, 2.75) is 32.3 Å². The van der Waals surface area contributed by atoms with Gasteiger partial charge in [-0.2, -0.15) is 0 Å². The maximum Gasteiger partial charge on any atom is 0.309 e. The summed E-state index contributed by atoms with van der Waals surface area (Å²) in [7, 11) is 0. The van der Waals surface area contributed by atoms with Crippen LogP contribution in [0.25, 0.3) is 0 Å². The van der Waals surface area contributed by atoms with Gasteiger partial charge in [0.15, 0.2) is 0 Å². The van der Waals surface area contributed by atoms with Crippen molar-refractivity contribution in [3.63, 3.8) is 0 Å². The summed E-state index contributed by atoms with van der Waals surface area (Å²) in [4.78, 5) is 10.6. The van der Waals surface area contributed by atoms with E-state index in [9.17, 15) is 9.90 Å². The Labute approximate surface area is 71.7 Å². The lowest BCUT2D eigenvalue weighted by Crippen LogP contribution is -2.36. The summed E-state index contributed by atoms with van der Waals surface area (Å²) in [5, 5.41) is 18.5. The van der Waals surface area contributed by atoms with Crippen molar-refractivity contribution < 1.29 is 15.0 Å². The van der Waals surface area contributed by atoms with Crippen LogP contribution in [0.4, 0.5) is 0 Å². The van der Waals surface area contributed by atoms with Gasteiger partial charge in [-0.1, -0.05) is 11.6 Å². The van der Waals surface area contributed by atoms with Gasteiger partial charge in [-0.15, -0.1) is 0 Å². The predicted molar refractivity (Wildman–Crippen MR) is 44.7 cm³/mol. The molecule has 3 heteroatoms. The van der Waals surface area contributed by atoms with E-state index in [1.165, 1.54) is 6.92 Å². The molecule has 1 aliphatic carbocycles. The Bertz CT molecular complexity index is 232. The first-order valence-corrected chi connectivity index (χ1v) is 4.09. The number of allylic oxidation sites excluding steroid dienone is 1. The van der Waals surface area contributed by atoms with E-state index >= 15 is 0 Å². The lowest BCUT2D eigenvalue weighted by molar-refractivity contribution is -0.147. The summed E-state index contributed by atoms with van der Waals surface area (Å²) < 4.78 is 0. The Morgan fingerprint density at radius 1 is 1.75 bits per heavy atom. The number of aliphatic carboxylic acids is 1. The Hall–Kier alpha value is -0.830. The second-order valence-electron chi connectivity index (χ2n) is 3.54. The molecule has 68 valence electrons. The normalized spacial score (nSPS) is 31.4.